The molecule has 5 aromatic rings. The third-order valence-electron chi connectivity index (χ3n) is 7.26. The maximum Gasteiger partial charge on any atom is 0.444 e. The average molecular weight is 979 g/mol. The van der Waals surface area contributed by atoms with Gasteiger partial charge in [-0.05, 0) is 122 Å². The molecule has 0 radical (unpaired) electrons. The highest BCUT2D eigenvalue weighted by molar-refractivity contribution is 14.1. The summed E-state index contributed by atoms with van der Waals surface area (Å²) in [6.07, 6.45) is 0.639. The minimum atomic E-state index is -6.62. The number of hydrogen-bond acceptors (Lipinski definition) is 8. The summed E-state index contributed by atoms with van der Waals surface area (Å²) in [6.45, 7) is -0.975. The second-order valence-corrected chi connectivity index (χ2v) is 17.5. The van der Waals surface area contributed by atoms with E-state index in [0.717, 1.165) is 0 Å². The Morgan fingerprint density at radius 1 is 0.692 bits per heavy atom. The van der Waals surface area contributed by atoms with Crippen LogP contribution in [0.4, 0.5) is 17.6 Å². The van der Waals surface area contributed by atoms with Gasteiger partial charge in [0.1, 0.15) is 12.9 Å². The number of alkyl halides is 4. The van der Waals surface area contributed by atoms with Crippen molar-refractivity contribution in [2.24, 2.45) is 0 Å². The molecule has 8 nitrogen and oxygen atoms in total. The third-order valence-corrected chi connectivity index (χ3v) is 14.1. The maximum atomic E-state index is 15.6. The molecule has 0 amide bonds. The SMILES string of the molecule is O=Cc1cc(I)c(OC(=O)c2ccc(COC(=O)C(F)(F)C(F)(F)S(=O)(=O)OS(c3ccccc3)(c3ccccc3)c3ccccc3)cc2)c(I)c1. The molecule has 270 valence electrons. The maximum absolute atomic E-state index is 15.6. The van der Waals surface area contributed by atoms with Crippen LogP contribution >= 0.6 is 55.5 Å². The molecule has 0 bridgehead atoms. The normalized spacial score (nSPS) is 12.5. The largest absolute Gasteiger partial charge is 0.456 e. The van der Waals surface area contributed by atoms with Crippen LogP contribution in [-0.4, -0.2) is 37.8 Å². The quantitative estimate of drug-likeness (QED) is 0.0377. The lowest BCUT2D eigenvalue weighted by Crippen LogP contribution is -2.53. The van der Waals surface area contributed by atoms with E-state index in [0.29, 0.717) is 19.0 Å². The minimum absolute atomic E-state index is 0.00229. The average Bonchev–Trinajstić information content (AvgIpc) is 3.15. The summed E-state index contributed by atoms with van der Waals surface area (Å²) in [5.74, 6) is -9.34. The molecule has 0 heterocycles. The van der Waals surface area contributed by atoms with E-state index in [9.17, 15) is 22.8 Å². The molecule has 0 atom stereocenters. The van der Waals surface area contributed by atoms with Crippen molar-refractivity contribution in [3.8, 4) is 5.75 Å². The highest BCUT2D eigenvalue weighted by atomic mass is 127. The van der Waals surface area contributed by atoms with Crippen molar-refractivity contribution < 1.29 is 53.5 Å². The van der Waals surface area contributed by atoms with E-state index >= 15 is 17.6 Å². The van der Waals surface area contributed by atoms with E-state index in [4.69, 9.17) is 8.37 Å². The van der Waals surface area contributed by atoms with Crippen LogP contribution in [-0.2, 0) is 29.9 Å². The number of benzene rings is 5. The van der Waals surface area contributed by atoms with Crippen LogP contribution in [0.1, 0.15) is 26.3 Å². The van der Waals surface area contributed by atoms with Crippen LogP contribution in [0.5, 0.6) is 5.75 Å². The first-order valence-corrected chi connectivity index (χ1v) is 19.9. The van der Waals surface area contributed by atoms with Crippen molar-refractivity contribution in [1.29, 1.82) is 0 Å². The highest BCUT2D eigenvalue weighted by Gasteiger charge is 2.73. The number of carbonyl (C=O) groups excluding carboxylic acids is 3. The van der Waals surface area contributed by atoms with Crippen molar-refractivity contribution in [2.45, 2.75) is 32.5 Å². The van der Waals surface area contributed by atoms with E-state index in [1.807, 2.05) is 45.2 Å². The smallest absolute Gasteiger partial charge is 0.444 e. The molecule has 16 heteroatoms. The summed E-state index contributed by atoms with van der Waals surface area (Å²) < 4.78 is 105. The molecule has 5 rings (SSSR count). The summed E-state index contributed by atoms with van der Waals surface area (Å²) in [7, 11) is -10.3. The first kappa shape index (κ1) is 39.4. The van der Waals surface area contributed by atoms with Crippen molar-refractivity contribution in [1.82, 2.24) is 0 Å². The van der Waals surface area contributed by atoms with Gasteiger partial charge >= 0.3 is 33.2 Å². The monoisotopic (exact) mass is 978 g/mol. The molecule has 0 unspecified atom stereocenters. The van der Waals surface area contributed by atoms with Crippen molar-refractivity contribution in [3.63, 3.8) is 0 Å². The molecule has 0 aliphatic rings. The van der Waals surface area contributed by atoms with Gasteiger partial charge in [0.25, 0.3) is 0 Å². The summed E-state index contributed by atoms with van der Waals surface area (Å²) in [4.78, 5) is 36.6. The number of halogens is 6. The lowest BCUT2D eigenvalue weighted by molar-refractivity contribution is -0.206. The topological polar surface area (TPSA) is 113 Å². The number of ether oxygens (including phenoxy) is 2. The van der Waals surface area contributed by atoms with Gasteiger partial charge in [-0.3, -0.25) is 4.79 Å². The molecule has 0 N–H and O–H groups in total. The Morgan fingerprint density at radius 2 is 1.13 bits per heavy atom. The number of hydrogen-bond donors (Lipinski definition) is 0. The lowest BCUT2D eigenvalue weighted by atomic mass is 10.1. The Bertz CT molecular complexity index is 2070. The molecule has 52 heavy (non-hydrogen) atoms. The number of rotatable bonds is 13. The van der Waals surface area contributed by atoms with Crippen LogP contribution in [0.25, 0.3) is 0 Å². The molecule has 0 fully saturated rings. The Morgan fingerprint density at radius 3 is 1.56 bits per heavy atom. The van der Waals surface area contributed by atoms with Gasteiger partial charge in [-0.1, -0.05) is 66.7 Å². The van der Waals surface area contributed by atoms with Gasteiger partial charge in [0.15, 0.2) is 5.75 Å². The van der Waals surface area contributed by atoms with Crippen LogP contribution in [0.3, 0.4) is 0 Å². The fourth-order valence-corrected chi connectivity index (χ4v) is 11.9. The molecule has 0 spiro atoms. The Balaban J connectivity index is 1.36. The Kier molecular flexibility index (Phi) is 12.1. The molecule has 0 saturated heterocycles. The molecular formula is C36H24F4I2O8S2. The van der Waals surface area contributed by atoms with Crippen LogP contribution in [0, 0.1) is 7.14 Å². The van der Waals surface area contributed by atoms with Crippen molar-refractivity contribution in [2.75, 3.05) is 0 Å². The van der Waals surface area contributed by atoms with E-state index in [1.54, 1.807) is 18.2 Å². The predicted molar refractivity (Wildman–Crippen MR) is 200 cm³/mol. The summed E-state index contributed by atoms with van der Waals surface area (Å²) >= 11 is 3.78. The predicted octanol–water partition coefficient (Wildman–Crippen LogP) is 9.44. The van der Waals surface area contributed by atoms with Gasteiger partial charge in [-0.25, -0.2) is 13.2 Å². The second-order valence-electron chi connectivity index (χ2n) is 10.7. The van der Waals surface area contributed by atoms with E-state index in [1.165, 1.54) is 109 Å². The van der Waals surface area contributed by atoms with Gasteiger partial charge in [0, 0.05) is 20.2 Å². The van der Waals surface area contributed by atoms with Crippen molar-refractivity contribution in [3.05, 3.63) is 151 Å². The first-order chi connectivity index (χ1) is 24.6. The van der Waals surface area contributed by atoms with E-state index in [-0.39, 0.29) is 31.6 Å². The summed E-state index contributed by atoms with van der Waals surface area (Å²) in [6, 6.07) is 30.2. The summed E-state index contributed by atoms with van der Waals surface area (Å²) in [5.41, 5.74) is 0.382. The zero-order chi connectivity index (χ0) is 37.7. The van der Waals surface area contributed by atoms with Crippen molar-refractivity contribution >= 4 is 83.8 Å². The van der Waals surface area contributed by atoms with Crippen LogP contribution in [0.2, 0.25) is 0 Å². The minimum Gasteiger partial charge on any atom is -0.456 e. The second kappa shape index (κ2) is 16.0. The number of esters is 2. The molecule has 5 aromatic carbocycles. The molecule has 0 aromatic heterocycles. The standard InChI is InChI=1S/C36H24F4I2O8S2/c37-35(38,34(45)48-23-24-16-18-26(19-17-24)33(44)49-32-30(41)20-25(22-43)21-31(32)42)36(39,40)52(46,47)50-51(27-10-4-1-5-11-27,28-12-6-2-7-13-28)29-14-8-3-9-15-29/h1-22H,23H2. The van der Waals surface area contributed by atoms with E-state index < -0.39 is 50.1 Å². The molecular weight excluding hydrogens is 954 g/mol. The molecule has 0 aliphatic heterocycles. The van der Waals surface area contributed by atoms with Crippen LogP contribution in [0.15, 0.2) is 142 Å². The zero-order valence-electron chi connectivity index (χ0n) is 26.3. The van der Waals surface area contributed by atoms with Crippen LogP contribution < -0.4 is 4.74 Å². The lowest BCUT2D eigenvalue weighted by Gasteiger charge is -2.40. The first-order valence-electron chi connectivity index (χ1n) is 14.8. The molecule has 0 aliphatic carbocycles. The van der Waals surface area contributed by atoms with Gasteiger partial charge in [-0.2, -0.15) is 26.0 Å². The highest BCUT2D eigenvalue weighted by Crippen LogP contribution is 2.70. The van der Waals surface area contributed by atoms with Gasteiger partial charge in [-0.15, -0.1) is 0 Å². The number of carbonyl (C=O) groups is 3. The van der Waals surface area contributed by atoms with Gasteiger partial charge < -0.3 is 9.47 Å². The van der Waals surface area contributed by atoms with E-state index in [2.05, 4.69) is 4.74 Å². The Labute approximate surface area is 324 Å². The zero-order valence-corrected chi connectivity index (χ0v) is 32.2. The van der Waals surface area contributed by atoms with Gasteiger partial charge in [0.05, 0.1) is 12.7 Å². The van der Waals surface area contributed by atoms with Gasteiger partial charge in [0.2, 0.25) is 0 Å². The fraction of sp³-hybridized carbons (Fsp3) is 0.0833. The molecule has 0 saturated carbocycles. The Hall–Kier alpha value is -3.85. The fourth-order valence-electron chi connectivity index (χ4n) is 4.69. The third kappa shape index (κ3) is 7.90. The summed E-state index contributed by atoms with van der Waals surface area (Å²) in [5, 5.41) is -6.10. The number of aldehydes is 1.